The van der Waals surface area contributed by atoms with Crippen molar-refractivity contribution in [2.24, 2.45) is 11.5 Å². The quantitative estimate of drug-likeness (QED) is 0.505. The van der Waals surface area contributed by atoms with Crippen molar-refractivity contribution in [1.82, 2.24) is 4.90 Å². The van der Waals surface area contributed by atoms with Crippen LogP contribution in [-0.4, -0.2) is 36.5 Å². The number of likely N-dealkylation sites (tertiary alicyclic amines) is 1. The predicted molar refractivity (Wildman–Crippen MR) is 38.2 cm³/mol. The standard InChI is InChI=1S/C6H13N3O/c7-2-4-9-3-1-5(9)6(8)10/h5H,1-4,7H2,(H2,8,10). The third-order valence-corrected chi connectivity index (χ3v) is 1.88. The molecule has 1 rings (SSSR count). The minimum Gasteiger partial charge on any atom is -0.368 e. The van der Waals surface area contributed by atoms with Crippen LogP contribution in [-0.2, 0) is 4.79 Å². The zero-order valence-corrected chi connectivity index (χ0v) is 5.92. The molecule has 0 aromatic rings. The largest absolute Gasteiger partial charge is 0.368 e. The van der Waals surface area contributed by atoms with E-state index in [0.717, 1.165) is 19.5 Å². The molecule has 1 fully saturated rings. The second kappa shape index (κ2) is 2.98. The monoisotopic (exact) mass is 143 g/mol. The molecule has 4 N–H and O–H groups in total. The summed E-state index contributed by atoms with van der Waals surface area (Å²) in [5.74, 6) is -0.222. The maximum absolute atomic E-state index is 10.6. The van der Waals surface area contributed by atoms with Crippen molar-refractivity contribution in [1.29, 1.82) is 0 Å². The lowest BCUT2D eigenvalue weighted by molar-refractivity contribution is -0.127. The average Bonchev–Trinajstić information content (AvgIpc) is 1.78. The number of carbonyl (C=O) groups is 1. The molecular weight excluding hydrogens is 130 g/mol. The van der Waals surface area contributed by atoms with E-state index in [-0.39, 0.29) is 11.9 Å². The summed E-state index contributed by atoms with van der Waals surface area (Å²) in [7, 11) is 0. The van der Waals surface area contributed by atoms with Crippen LogP contribution in [0.3, 0.4) is 0 Å². The highest BCUT2D eigenvalue weighted by atomic mass is 16.1. The highest BCUT2D eigenvalue weighted by molar-refractivity contribution is 5.80. The van der Waals surface area contributed by atoms with Crippen LogP contribution in [0.2, 0.25) is 0 Å². The molecule has 1 unspecified atom stereocenters. The van der Waals surface area contributed by atoms with Crippen LogP contribution in [0.25, 0.3) is 0 Å². The van der Waals surface area contributed by atoms with Gasteiger partial charge in [-0.1, -0.05) is 0 Å². The third kappa shape index (κ3) is 1.27. The first kappa shape index (κ1) is 7.50. The van der Waals surface area contributed by atoms with E-state index in [4.69, 9.17) is 11.5 Å². The summed E-state index contributed by atoms with van der Waals surface area (Å²) < 4.78 is 0. The van der Waals surface area contributed by atoms with Crippen molar-refractivity contribution in [2.75, 3.05) is 19.6 Å². The van der Waals surface area contributed by atoms with Crippen LogP contribution in [0.4, 0.5) is 0 Å². The summed E-state index contributed by atoms with van der Waals surface area (Å²) in [5, 5.41) is 0. The first-order valence-corrected chi connectivity index (χ1v) is 3.49. The van der Waals surface area contributed by atoms with Gasteiger partial charge in [0.15, 0.2) is 0 Å². The number of rotatable bonds is 3. The lowest BCUT2D eigenvalue weighted by Gasteiger charge is -2.38. The van der Waals surface area contributed by atoms with Gasteiger partial charge in [-0.25, -0.2) is 0 Å². The Hall–Kier alpha value is -0.610. The molecule has 10 heavy (non-hydrogen) atoms. The van der Waals surface area contributed by atoms with Crippen LogP contribution >= 0.6 is 0 Å². The normalized spacial score (nSPS) is 25.9. The van der Waals surface area contributed by atoms with E-state index in [9.17, 15) is 4.79 Å². The van der Waals surface area contributed by atoms with Crippen LogP contribution in [0.5, 0.6) is 0 Å². The van der Waals surface area contributed by atoms with Crippen molar-refractivity contribution in [3.05, 3.63) is 0 Å². The van der Waals surface area contributed by atoms with Gasteiger partial charge in [-0.15, -0.1) is 0 Å². The number of primary amides is 1. The highest BCUT2D eigenvalue weighted by Crippen LogP contribution is 2.14. The molecule has 1 saturated heterocycles. The molecule has 0 spiro atoms. The van der Waals surface area contributed by atoms with Gasteiger partial charge in [-0.2, -0.15) is 0 Å². The molecule has 0 radical (unpaired) electrons. The SMILES string of the molecule is NCCN1CCC1C(N)=O. The van der Waals surface area contributed by atoms with E-state index in [1.54, 1.807) is 0 Å². The molecule has 1 aliphatic rings. The fourth-order valence-electron chi connectivity index (χ4n) is 1.20. The van der Waals surface area contributed by atoms with Gasteiger partial charge in [0.2, 0.25) is 5.91 Å². The maximum atomic E-state index is 10.6. The van der Waals surface area contributed by atoms with Gasteiger partial charge < -0.3 is 11.5 Å². The second-order valence-corrected chi connectivity index (χ2v) is 2.53. The van der Waals surface area contributed by atoms with Gasteiger partial charge in [0, 0.05) is 19.6 Å². The van der Waals surface area contributed by atoms with Crippen molar-refractivity contribution in [3.8, 4) is 0 Å². The minimum atomic E-state index is -0.222. The Bertz CT molecular complexity index is 137. The number of nitrogens with two attached hydrogens (primary N) is 2. The number of amides is 1. The van der Waals surface area contributed by atoms with E-state index in [1.807, 2.05) is 4.90 Å². The second-order valence-electron chi connectivity index (χ2n) is 2.53. The van der Waals surface area contributed by atoms with Gasteiger partial charge in [0.1, 0.15) is 0 Å². The average molecular weight is 143 g/mol. The van der Waals surface area contributed by atoms with Gasteiger partial charge in [-0.05, 0) is 6.42 Å². The lowest BCUT2D eigenvalue weighted by Crippen LogP contribution is -2.55. The molecule has 0 bridgehead atoms. The van der Waals surface area contributed by atoms with Crippen molar-refractivity contribution in [3.63, 3.8) is 0 Å². The Labute approximate surface area is 60.2 Å². The number of carbonyl (C=O) groups excluding carboxylic acids is 1. The maximum Gasteiger partial charge on any atom is 0.234 e. The first-order chi connectivity index (χ1) is 4.75. The van der Waals surface area contributed by atoms with Crippen LogP contribution in [0, 0.1) is 0 Å². The molecule has 1 heterocycles. The number of hydrogen-bond acceptors (Lipinski definition) is 3. The molecular formula is C6H13N3O. The molecule has 1 aliphatic heterocycles. The lowest BCUT2D eigenvalue weighted by atomic mass is 10.0. The molecule has 0 saturated carbocycles. The summed E-state index contributed by atoms with van der Waals surface area (Å²) in [4.78, 5) is 12.6. The summed E-state index contributed by atoms with van der Waals surface area (Å²) in [6, 6.07) is -0.0384. The van der Waals surface area contributed by atoms with Gasteiger partial charge in [0.05, 0.1) is 6.04 Å². The van der Waals surface area contributed by atoms with E-state index in [1.165, 1.54) is 0 Å². The van der Waals surface area contributed by atoms with E-state index in [0.29, 0.717) is 6.54 Å². The fraction of sp³-hybridized carbons (Fsp3) is 0.833. The van der Waals surface area contributed by atoms with Crippen LogP contribution in [0.1, 0.15) is 6.42 Å². The zero-order valence-electron chi connectivity index (χ0n) is 5.92. The van der Waals surface area contributed by atoms with Crippen LogP contribution in [0.15, 0.2) is 0 Å². The van der Waals surface area contributed by atoms with Gasteiger partial charge in [-0.3, -0.25) is 9.69 Å². The number of hydrogen-bond donors (Lipinski definition) is 2. The Morgan fingerprint density at radius 2 is 2.40 bits per heavy atom. The molecule has 1 amide bonds. The van der Waals surface area contributed by atoms with E-state index in [2.05, 4.69) is 0 Å². The number of nitrogens with zero attached hydrogens (tertiary/aromatic N) is 1. The topological polar surface area (TPSA) is 72.3 Å². The van der Waals surface area contributed by atoms with E-state index >= 15 is 0 Å². The van der Waals surface area contributed by atoms with E-state index < -0.39 is 0 Å². The Morgan fingerprint density at radius 3 is 2.70 bits per heavy atom. The Balaban J connectivity index is 2.28. The highest BCUT2D eigenvalue weighted by Gasteiger charge is 2.31. The Morgan fingerprint density at radius 1 is 1.70 bits per heavy atom. The first-order valence-electron chi connectivity index (χ1n) is 3.49. The molecule has 0 aromatic heterocycles. The fourth-order valence-corrected chi connectivity index (χ4v) is 1.20. The van der Waals surface area contributed by atoms with Crippen molar-refractivity contribution in [2.45, 2.75) is 12.5 Å². The summed E-state index contributed by atoms with van der Waals surface area (Å²) >= 11 is 0. The summed E-state index contributed by atoms with van der Waals surface area (Å²) in [6.07, 6.45) is 0.898. The van der Waals surface area contributed by atoms with Crippen molar-refractivity contribution >= 4 is 5.91 Å². The summed E-state index contributed by atoms with van der Waals surface area (Å²) in [6.45, 7) is 2.35. The molecule has 58 valence electrons. The molecule has 0 aliphatic carbocycles. The van der Waals surface area contributed by atoms with Gasteiger partial charge in [0.25, 0.3) is 0 Å². The smallest absolute Gasteiger partial charge is 0.234 e. The minimum absolute atomic E-state index is 0.0384. The molecule has 0 aromatic carbocycles. The summed E-state index contributed by atoms with van der Waals surface area (Å²) in [5.41, 5.74) is 10.4. The zero-order chi connectivity index (χ0) is 7.56. The Kier molecular flexibility index (Phi) is 2.24. The molecule has 4 heteroatoms. The van der Waals surface area contributed by atoms with Crippen molar-refractivity contribution < 1.29 is 4.79 Å². The molecule has 4 nitrogen and oxygen atoms in total. The predicted octanol–water partition coefficient (Wildman–Crippen LogP) is -1.50. The van der Waals surface area contributed by atoms with Crippen LogP contribution < -0.4 is 11.5 Å². The molecule has 1 atom stereocenters. The van der Waals surface area contributed by atoms with Gasteiger partial charge >= 0.3 is 0 Å². The third-order valence-electron chi connectivity index (χ3n) is 1.88.